The van der Waals surface area contributed by atoms with E-state index in [0.717, 1.165) is 40.8 Å². The number of pyridine rings is 1. The van der Waals surface area contributed by atoms with Crippen molar-refractivity contribution in [2.24, 2.45) is 5.41 Å². The smallest absolute Gasteiger partial charge is 0.253 e. The third kappa shape index (κ3) is 3.50. The van der Waals surface area contributed by atoms with Gasteiger partial charge in [0, 0.05) is 23.3 Å². The lowest BCUT2D eigenvalue weighted by molar-refractivity contribution is 0.0950. The highest BCUT2D eigenvalue weighted by atomic mass is 16.5. The number of carbonyl (C=O) groups is 1. The van der Waals surface area contributed by atoms with Crippen LogP contribution in [0.3, 0.4) is 0 Å². The molecule has 2 N–H and O–H groups in total. The summed E-state index contributed by atoms with van der Waals surface area (Å²) in [6.07, 6.45) is 11.9. The Balaban J connectivity index is 1.45. The number of rotatable bonds is 5. The zero-order valence-electron chi connectivity index (χ0n) is 16.5. The van der Waals surface area contributed by atoms with E-state index in [1.807, 2.05) is 18.2 Å². The first-order chi connectivity index (χ1) is 14.2. The van der Waals surface area contributed by atoms with Crippen LogP contribution >= 0.6 is 0 Å². The van der Waals surface area contributed by atoms with Gasteiger partial charge in [0.05, 0.1) is 30.4 Å². The van der Waals surface area contributed by atoms with Crippen LogP contribution in [0, 0.1) is 5.41 Å². The van der Waals surface area contributed by atoms with Crippen LogP contribution in [0.1, 0.15) is 53.7 Å². The lowest BCUT2D eigenvalue weighted by Gasteiger charge is -2.22. The minimum absolute atomic E-state index is 0.161. The van der Waals surface area contributed by atoms with Gasteiger partial charge in [0.2, 0.25) is 0 Å². The van der Waals surface area contributed by atoms with Gasteiger partial charge in [0.25, 0.3) is 5.91 Å². The van der Waals surface area contributed by atoms with Crippen molar-refractivity contribution in [3.8, 4) is 5.75 Å². The van der Waals surface area contributed by atoms with Crippen molar-refractivity contribution in [3.05, 3.63) is 59.6 Å². The number of nitrogens with zero attached hydrogens (tertiary/aromatic N) is 2. The molecule has 0 saturated heterocycles. The number of benzene rings is 1. The van der Waals surface area contributed by atoms with Gasteiger partial charge in [0.1, 0.15) is 5.75 Å². The summed E-state index contributed by atoms with van der Waals surface area (Å²) in [5, 5.41) is 10.5. The summed E-state index contributed by atoms with van der Waals surface area (Å²) < 4.78 is 5.54. The molecule has 0 aliphatic heterocycles. The van der Waals surface area contributed by atoms with E-state index >= 15 is 0 Å². The molecular formula is C23H24N4O2. The van der Waals surface area contributed by atoms with Gasteiger partial charge in [-0.2, -0.15) is 5.10 Å². The van der Waals surface area contributed by atoms with Crippen molar-refractivity contribution in [1.82, 2.24) is 20.5 Å². The fraction of sp³-hybridized carbons (Fsp3) is 0.348. The van der Waals surface area contributed by atoms with Crippen LogP contribution in [0.2, 0.25) is 0 Å². The number of fused-ring (bicyclic) bond motifs is 1. The zero-order chi connectivity index (χ0) is 19.8. The lowest BCUT2D eigenvalue weighted by atomic mass is 9.83. The van der Waals surface area contributed by atoms with E-state index in [-0.39, 0.29) is 5.91 Å². The third-order valence-electron chi connectivity index (χ3n) is 6.26. The summed E-state index contributed by atoms with van der Waals surface area (Å²) in [5.74, 6) is 0.628. The molecule has 1 spiro atoms. The Morgan fingerprint density at radius 2 is 2.17 bits per heavy atom. The standard InChI is InChI=1S/C23H24N4O2/c1-29-19-11-16-10-17(22(28)25-14-18-4-9-26-27-18)13-24-21(16)20(12-19)15-2-5-23(6-3-15)7-8-23/h2,4,9-13H,3,5-8,14H2,1H3,(H,25,28)(H,26,27). The minimum Gasteiger partial charge on any atom is -0.497 e. The molecule has 2 aliphatic rings. The average molecular weight is 388 g/mol. The van der Waals surface area contributed by atoms with E-state index in [1.165, 1.54) is 24.8 Å². The Hall–Kier alpha value is -3.15. The number of carbonyl (C=O) groups excluding carboxylic acids is 1. The second kappa shape index (κ2) is 7.03. The molecule has 29 heavy (non-hydrogen) atoms. The molecule has 0 bridgehead atoms. The van der Waals surface area contributed by atoms with Gasteiger partial charge < -0.3 is 10.1 Å². The molecule has 148 valence electrons. The van der Waals surface area contributed by atoms with Gasteiger partial charge in [-0.1, -0.05) is 6.08 Å². The lowest BCUT2D eigenvalue weighted by Crippen LogP contribution is -2.23. The summed E-state index contributed by atoms with van der Waals surface area (Å²) >= 11 is 0. The molecule has 2 aliphatic carbocycles. The summed E-state index contributed by atoms with van der Waals surface area (Å²) in [7, 11) is 1.67. The van der Waals surface area contributed by atoms with Crippen molar-refractivity contribution in [3.63, 3.8) is 0 Å². The quantitative estimate of drug-likeness (QED) is 0.685. The number of nitrogens with one attached hydrogen (secondary N) is 2. The van der Waals surface area contributed by atoms with Crippen molar-refractivity contribution < 1.29 is 9.53 Å². The van der Waals surface area contributed by atoms with Crippen molar-refractivity contribution in [2.75, 3.05) is 7.11 Å². The second-order valence-corrected chi connectivity index (χ2v) is 8.17. The number of hydrogen-bond donors (Lipinski definition) is 2. The largest absolute Gasteiger partial charge is 0.497 e. The molecule has 2 heterocycles. The Bertz CT molecular complexity index is 1100. The number of H-pyrrole nitrogens is 1. The topological polar surface area (TPSA) is 79.9 Å². The predicted octanol–water partition coefficient (Wildman–Crippen LogP) is 4.24. The Kier molecular flexibility index (Phi) is 4.34. The highest BCUT2D eigenvalue weighted by molar-refractivity contribution is 5.99. The SMILES string of the molecule is COc1cc(C2=CCC3(CC2)CC3)c2ncc(C(=O)NCc3ccn[nH]3)cc2c1. The number of amides is 1. The van der Waals surface area contributed by atoms with E-state index in [4.69, 9.17) is 4.74 Å². The van der Waals surface area contributed by atoms with E-state index < -0.39 is 0 Å². The molecule has 1 fully saturated rings. The number of aromatic nitrogens is 3. The van der Waals surface area contributed by atoms with Crippen LogP contribution in [0.15, 0.2) is 42.7 Å². The van der Waals surface area contributed by atoms with E-state index in [9.17, 15) is 4.79 Å². The normalized spacial score (nSPS) is 17.2. The van der Waals surface area contributed by atoms with Crippen LogP contribution in [0.5, 0.6) is 5.75 Å². The number of aromatic amines is 1. The van der Waals surface area contributed by atoms with Gasteiger partial charge in [-0.25, -0.2) is 0 Å². The zero-order valence-corrected chi connectivity index (χ0v) is 16.5. The van der Waals surface area contributed by atoms with Crippen molar-refractivity contribution in [1.29, 1.82) is 0 Å². The maximum absolute atomic E-state index is 12.6. The van der Waals surface area contributed by atoms with Gasteiger partial charge in [-0.05, 0) is 67.4 Å². The average Bonchev–Trinajstić information content (AvgIpc) is 3.30. The fourth-order valence-electron chi connectivity index (χ4n) is 4.19. The Morgan fingerprint density at radius 1 is 1.28 bits per heavy atom. The first kappa shape index (κ1) is 17.9. The van der Waals surface area contributed by atoms with Gasteiger partial charge in [-0.3, -0.25) is 14.9 Å². The molecule has 3 aromatic rings. The summed E-state index contributed by atoms with van der Waals surface area (Å²) in [4.78, 5) is 17.2. The number of hydrogen-bond acceptors (Lipinski definition) is 4. The third-order valence-corrected chi connectivity index (χ3v) is 6.26. The molecule has 6 heteroatoms. The molecular weight excluding hydrogens is 364 g/mol. The molecule has 0 atom stereocenters. The molecule has 0 unspecified atom stereocenters. The predicted molar refractivity (Wildman–Crippen MR) is 112 cm³/mol. The van der Waals surface area contributed by atoms with Crippen LogP contribution in [-0.4, -0.2) is 28.2 Å². The van der Waals surface area contributed by atoms with Crippen LogP contribution in [0.4, 0.5) is 0 Å². The fourth-order valence-corrected chi connectivity index (χ4v) is 4.19. The summed E-state index contributed by atoms with van der Waals surface area (Å²) in [5.41, 5.74) is 5.37. The maximum atomic E-state index is 12.6. The first-order valence-electron chi connectivity index (χ1n) is 10.1. The van der Waals surface area contributed by atoms with E-state index in [0.29, 0.717) is 17.5 Å². The molecule has 1 saturated carbocycles. The van der Waals surface area contributed by atoms with Gasteiger partial charge in [-0.15, -0.1) is 0 Å². The number of methoxy groups -OCH3 is 1. The molecule has 2 aromatic heterocycles. The van der Waals surface area contributed by atoms with Crippen molar-refractivity contribution in [2.45, 2.75) is 38.6 Å². The van der Waals surface area contributed by atoms with Crippen LogP contribution in [0.25, 0.3) is 16.5 Å². The van der Waals surface area contributed by atoms with Crippen LogP contribution in [-0.2, 0) is 6.54 Å². The monoisotopic (exact) mass is 388 g/mol. The maximum Gasteiger partial charge on any atom is 0.253 e. The Morgan fingerprint density at radius 3 is 2.86 bits per heavy atom. The molecule has 1 amide bonds. The van der Waals surface area contributed by atoms with Crippen molar-refractivity contribution >= 4 is 22.4 Å². The number of ether oxygens (including phenoxy) is 1. The highest BCUT2D eigenvalue weighted by Gasteiger charge is 2.42. The van der Waals surface area contributed by atoms with E-state index in [1.54, 1.807) is 19.5 Å². The Labute approximate surface area is 169 Å². The summed E-state index contributed by atoms with van der Waals surface area (Å²) in [6, 6.07) is 7.75. The highest BCUT2D eigenvalue weighted by Crippen LogP contribution is 2.56. The van der Waals surface area contributed by atoms with Gasteiger partial charge >= 0.3 is 0 Å². The minimum atomic E-state index is -0.161. The molecule has 1 aromatic carbocycles. The van der Waals surface area contributed by atoms with Gasteiger partial charge in [0.15, 0.2) is 0 Å². The molecule has 6 nitrogen and oxygen atoms in total. The summed E-state index contributed by atoms with van der Waals surface area (Å²) in [6.45, 7) is 0.398. The molecule has 5 rings (SSSR count). The molecule has 0 radical (unpaired) electrons. The second-order valence-electron chi connectivity index (χ2n) is 8.17. The van der Waals surface area contributed by atoms with E-state index in [2.05, 4.69) is 32.6 Å². The van der Waals surface area contributed by atoms with Crippen LogP contribution < -0.4 is 10.1 Å². The first-order valence-corrected chi connectivity index (χ1v) is 10.1. The number of allylic oxidation sites excluding steroid dienone is 2.